The predicted molar refractivity (Wildman–Crippen MR) is 89.0 cm³/mol. The monoisotopic (exact) mass is 363 g/mol. The highest BCUT2D eigenvalue weighted by Crippen LogP contribution is 2.24. The Morgan fingerprint density at radius 3 is 2.68 bits per heavy atom. The van der Waals surface area contributed by atoms with Gasteiger partial charge in [0.2, 0.25) is 5.91 Å². The number of hydrogen-bond donors (Lipinski definition) is 0. The van der Waals surface area contributed by atoms with Gasteiger partial charge in [-0.25, -0.2) is 8.42 Å². The number of thioether (sulfide) groups is 1. The number of sulfone groups is 1. The zero-order chi connectivity index (χ0) is 16.3. The molecule has 1 saturated heterocycles. The van der Waals surface area contributed by atoms with Gasteiger partial charge < -0.3 is 4.90 Å². The van der Waals surface area contributed by atoms with Crippen LogP contribution in [0.15, 0.2) is 4.34 Å². The molecular formula is C13H21N3O3S3. The fraction of sp³-hybridized carbons (Fsp3) is 0.769. The molecule has 0 spiro atoms. The van der Waals surface area contributed by atoms with Crippen molar-refractivity contribution < 1.29 is 13.2 Å². The lowest BCUT2D eigenvalue weighted by atomic mass is 10.1. The van der Waals surface area contributed by atoms with Gasteiger partial charge in [0, 0.05) is 12.6 Å². The summed E-state index contributed by atoms with van der Waals surface area (Å²) in [7, 11) is -2.99. The van der Waals surface area contributed by atoms with Crippen molar-refractivity contribution in [1.29, 1.82) is 0 Å². The minimum atomic E-state index is -2.99. The van der Waals surface area contributed by atoms with Gasteiger partial charge in [-0.15, -0.1) is 10.2 Å². The first-order chi connectivity index (χ1) is 10.3. The first-order valence-electron chi connectivity index (χ1n) is 7.19. The molecule has 0 N–H and O–H groups in total. The molecule has 1 amide bonds. The molecule has 6 nitrogen and oxygen atoms in total. The summed E-state index contributed by atoms with van der Waals surface area (Å²) in [6.45, 7) is 6.53. The lowest BCUT2D eigenvalue weighted by molar-refractivity contribution is -0.130. The fourth-order valence-corrected chi connectivity index (χ4v) is 5.84. The van der Waals surface area contributed by atoms with Gasteiger partial charge in [-0.1, -0.05) is 36.9 Å². The van der Waals surface area contributed by atoms with Crippen molar-refractivity contribution in [2.45, 2.75) is 37.6 Å². The van der Waals surface area contributed by atoms with Gasteiger partial charge in [0.05, 0.1) is 17.3 Å². The van der Waals surface area contributed by atoms with Crippen LogP contribution in [0.5, 0.6) is 0 Å². The third-order valence-electron chi connectivity index (χ3n) is 3.36. The Hall–Kier alpha value is -0.670. The topological polar surface area (TPSA) is 80.2 Å². The maximum Gasteiger partial charge on any atom is 0.233 e. The van der Waals surface area contributed by atoms with E-state index in [4.69, 9.17) is 0 Å². The van der Waals surface area contributed by atoms with E-state index in [0.717, 1.165) is 9.35 Å². The molecule has 0 radical (unpaired) electrons. The molecule has 1 aromatic heterocycles. The number of aromatic nitrogens is 2. The molecule has 0 aromatic carbocycles. The van der Waals surface area contributed by atoms with Crippen LogP contribution in [0.3, 0.4) is 0 Å². The van der Waals surface area contributed by atoms with Crippen LogP contribution in [-0.2, 0) is 14.6 Å². The maximum atomic E-state index is 12.5. The van der Waals surface area contributed by atoms with E-state index < -0.39 is 9.84 Å². The van der Waals surface area contributed by atoms with Crippen molar-refractivity contribution >= 4 is 38.8 Å². The molecule has 1 atom stereocenters. The Kier molecular flexibility index (Phi) is 5.84. The Bertz CT molecular complexity index is 627. The molecule has 2 heterocycles. The summed E-state index contributed by atoms with van der Waals surface area (Å²) in [5, 5.41) is 8.79. The summed E-state index contributed by atoms with van der Waals surface area (Å²) < 4.78 is 24.1. The van der Waals surface area contributed by atoms with Crippen LogP contribution in [-0.4, -0.2) is 59.3 Å². The summed E-state index contributed by atoms with van der Waals surface area (Å²) >= 11 is 2.83. The highest BCUT2D eigenvalue weighted by Gasteiger charge is 2.34. The molecule has 1 aromatic rings. The second kappa shape index (κ2) is 7.27. The lowest BCUT2D eigenvalue weighted by Gasteiger charge is -2.29. The number of carbonyl (C=O) groups excluding carboxylic acids is 1. The van der Waals surface area contributed by atoms with Gasteiger partial charge in [-0.2, -0.15) is 0 Å². The van der Waals surface area contributed by atoms with Gasteiger partial charge in [0.1, 0.15) is 5.01 Å². The SMILES string of the molecule is Cc1nnc(SCC(=O)N(CC(C)C)C2CCS(=O)(=O)C2)s1. The van der Waals surface area contributed by atoms with Crippen LogP contribution in [0.1, 0.15) is 25.3 Å². The number of amides is 1. The molecule has 9 heteroatoms. The first kappa shape index (κ1) is 17.7. The molecule has 1 fully saturated rings. The number of rotatable bonds is 6. The first-order valence-corrected chi connectivity index (χ1v) is 10.8. The van der Waals surface area contributed by atoms with E-state index in [9.17, 15) is 13.2 Å². The number of hydrogen-bond acceptors (Lipinski definition) is 7. The molecule has 2 rings (SSSR count). The van der Waals surface area contributed by atoms with Crippen molar-refractivity contribution in [3.63, 3.8) is 0 Å². The second-order valence-electron chi connectivity index (χ2n) is 5.87. The van der Waals surface area contributed by atoms with Gasteiger partial charge in [-0.3, -0.25) is 4.79 Å². The maximum absolute atomic E-state index is 12.5. The summed E-state index contributed by atoms with van der Waals surface area (Å²) in [5.74, 6) is 0.837. The largest absolute Gasteiger partial charge is 0.338 e. The van der Waals surface area contributed by atoms with E-state index in [-0.39, 0.29) is 29.2 Å². The van der Waals surface area contributed by atoms with Crippen LogP contribution in [0.2, 0.25) is 0 Å². The van der Waals surface area contributed by atoms with Crippen molar-refractivity contribution in [3.8, 4) is 0 Å². The zero-order valence-corrected chi connectivity index (χ0v) is 15.4. The average molecular weight is 364 g/mol. The molecule has 1 aliphatic rings. The van der Waals surface area contributed by atoms with Gasteiger partial charge in [-0.05, 0) is 19.3 Å². The van der Waals surface area contributed by atoms with Gasteiger partial charge >= 0.3 is 0 Å². The van der Waals surface area contributed by atoms with E-state index in [1.54, 1.807) is 4.90 Å². The van der Waals surface area contributed by atoms with Crippen molar-refractivity contribution in [1.82, 2.24) is 15.1 Å². The highest BCUT2D eigenvalue weighted by molar-refractivity contribution is 8.01. The number of carbonyl (C=O) groups is 1. The van der Waals surface area contributed by atoms with Crippen LogP contribution >= 0.6 is 23.1 Å². The molecular weight excluding hydrogens is 342 g/mol. The Balaban J connectivity index is 2.00. The Labute approximate surface area is 139 Å². The molecule has 22 heavy (non-hydrogen) atoms. The van der Waals surface area contributed by atoms with E-state index in [0.29, 0.717) is 18.9 Å². The van der Waals surface area contributed by atoms with E-state index in [1.807, 2.05) is 20.8 Å². The summed E-state index contributed by atoms with van der Waals surface area (Å²) in [6, 6.07) is -0.184. The Morgan fingerprint density at radius 2 is 2.18 bits per heavy atom. The van der Waals surface area contributed by atoms with Gasteiger partial charge in [0.15, 0.2) is 14.2 Å². The van der Waals surface area contributed by atoms with Crippen LogP contribution in [0, 0.1) is 12.8 Å². The molecule has 0 saturated carbocycles. The van der Waals surface area contributed by atoms with Crippen LogP contribution < -0.4 is 0 Å². The molecule has 0 aliphatic carbocycles. The molecule has 0 bridgehead atoms. The number of nitrogens with zero attached hydrogens (tertiary/aromatic N) is 3. The van der Waals surface area contributed by atoms with E-state index >= 15 is 0 Å². The number of aryl methyl sites for hydroxylation is 1. The summed E-state index contributed by atoms with van der Waals surface area (Å²) in [6.07, 6.45) is 0.545. The lowest BCUT2D eigenvalue weighted by Crippen LogP contribution is -2.44. The molecule has 1 aliphatic heterocycles. The van der Waals surface area contributed by atoms with Crippen molar-refractivity contribution in [2.75, 3.05) is 23.8 Å². The van der Waals surface area contributed by atoms with Crippen LogP contribution in [0.4, 0.5) is 0 Å². The normalized spacial score (nSPS) is 20.5. The third-order valence-corrected chi connectivity index (χ3v) is 7.07. The van der Waals surface area contributed by atoms with Crippen molar-refractivity contribution in [3.05, 3.63) is 5.01 Å². The average Bonchev–Trinajstić information content (AvgIpc) is 2.98. The van der Waals surface area contributed by atoms with Gasteiger partial charge in [0.25, 0.3) is 0 Å². The second-order valence-corrected chi connectivity index (χ2v) is 10.5. The smallest absolute Gasteiger partial charge is 0.233 e. The minimum Gasteiger partial charge on any atom is -0.338 e. The standard InChI is InChI=1S/C13H21N3O3S3/c1-9(2)6-16(11-4-5-22(18,19)8-11)12(17)7-20-13-15-14-10(3)21-13/h9,11H,4-8H2,1-3H3. The molecule has 1 unspecified atom stereocenters. The van der Waals surface area contributed by atoms with E-state index in [1.165, 1.54) is 23.1 Å². The van der Waals surface area contributed by atoms with Crippen molar-refractivity contribution in [2.24, 2.45) is 5.92 Å². The quantitative estimate of drug-likeness (QED) is 0.714. The summed E-state index contributed by atoms with van der Waals surface area (Å²) in [5.41, 5.74) is 0. The summed E-state index contributed by atoms with van der Waals surface area (Å²) in [4.78, 5) is 14.3. The molecule has 124 valence electrons. The van der Waals surface area contributed by atoms with E-state index in [2.05, 4.69) is 10.2 Å². The minimum absolute atomic E-state index is 0.0198. The zero-order valence-electron chi connectivity index (χ0n) is 13.0. The third kappa shape index (κ3) is 4.92. The Morgan fingerprint density at radius 1 is 1.45 bits per heavy atom. The fourth-order valence-electron chi connectivity index (χ4n) is 2.41. The predicted octanol–water partition coefficient (Wildman–Crippen LogP) is 1.61. The van der Waals surface area contributed by atoms with Crippen LogP contribution in [0.25, 0.3) is 0 Å². The highest BCUT2D eigenvalue weighted by atomic mass is 32.2.